The van der Waals surface area contributed by atoms with E-state index in [2.05, 4.69) is 75.6 Å². The minimum atomic E-state index is -0.246. The first-order valence-electron chi connectivity index (χ1n) is 9.49. The monoisotopic (exact) mass is 501 g/mol. The fraction of sp³-hybridized carbons (Fsp3) is 0.208. The zero-order chi connectivity index (χ0) is 21.1. The first kappa shape index (κ1) is 22.9. The molecule has 0 aliphatic carbocycles. The Labute approximate surface area is 187 Å². The summed E-state index contributed by atoms with van der Waals surface area (Å²) < 4.78 is 0.917. The Morgan fingerprint density at radius 3 is 2.59 bits per heavy atom. The van der Waals surface area contributed by atoms with E-state index in [9.17, 15) is 4.79 Å². The van der Waals surface area contributed by atoms with Crippen LogP contribution in [0.5, 0.6) is 0 Å². The van der Waals surface area contributed by atoms with Crippen LogP contribution in [-0.2, 0) is 4.79 Å². The molecule has 0 saturated carbocycles. The maximum Gasteiger partial charge on any atom is 0.257 e. The van der Waals surface area contributed by atoms with E-state index in [1.807, 2.05) is 49.4 Å². The summed E-state index contributed by atoms with van der Waals surface area (Å²) in [5, 5.41) is 6.07. The van der Waals surface area contributed by atoms with Crippen molar-refractivity contribution in [1.82, 2.24) is 10.2 Å². The molecule has 0 unspecified atom stereocenters. The average molecular weight is 501 g/mol. The van der Waals surface area contributed by atoms with Gasteiger partial charge in [-0.2, -0.15) is 0 Å². The van der Waals surface area contributed by atoms with Crippen molar-refractivity contribution in [3.05, 3.63) is 96.2 Å². The van der Waals surface area contributed by atoms with Gasteiger partial charge >= 0.3 is 0 Å². The van der Waals surface area contributed by atoms with Crippen LogP contribution in [-0.4, -0.2) is 35.0 Å². The van der Waals surface area contributed by atoms with Crippen molar-refractivity contribution in [2.45, 2.75) is 6.92 Å². The van der Waals surface area contributed by atoms with E-state index in [-0.39, 0.29) is 5.91 Å². The molecule has 4 nitrogen and oxygen atoms in total. The third kappa shape index (κ3) is 8.25. The largest absolute Gasteiger partial charge is 0.384 e. The van der Waals surface area contributed by atoms with E-state index in [1.54, 1.807) is 0 Å². The molecule has 152 valence electrons. The summed E-state index contributed by atoms with van der Waals surface area (Å²) in [4.78, 5) is 14.7. The van der Waals surface area contributed by atoms with Gasteiger partial charge in [-0.3, -0.25) is 9.69 Å². The summed E-state index contributed by atoms with van der Waals surface area (Å²) in [5.74, 6) is -0.246. The van der Waals surface area contributed by atoms with E-state index in [4.69, 9.17) is 0 Å². The lowest BCUT2D eigenvalue weighted by Crippen LogP contribution is -2.32. The molecule has 0 spiro atoms. The van der Waals surface area contributed by atoms with Gasteiger partial charge in [0.25, 0.3) is 5.91 Å². The molecule has 2 rings (SSSR count). The molecule has 0 aliphatic heterocycles. The number of carbonyl (C=O) groups excluding carboxylic acids is 1. The number of benzene rings is 2. The summed E-state index contributed by atoms with van der Waals surface area (Å²) in [6.07, 6.45) is 4.29. The maximum atomic E-state index is 12.4. The van der Waals surface area contributed by atoms with Crippen molar-refractivity contribution < 1.29 is 4.79 Å². The number of hydrogen-bond donors (Lipinski definition) is 2. The average Bonchev–Trinajstić information content (AvgIpc) is 2.72. The number of nitrogens with one attached hydrogen (secondary N) is 2. The van der Waals surface area contributed by atoms with E-state index >= 15 is 0 Å². The SMILES string of the molecule is C=C(NCCN(CI)C/C=C/c1ccccc1)C(=C)C(=O)Nc1cccc(C)c1. The molecule has 2 N–H and O–H groups in total. The minimum absolute atomic E-state index is 0.246. The number of halogens is 1. The standard InChI is InChI=1S/C24H28IN3O/c1-19-9-7-13-23(17-19)27-24(29)20(2)21(3)26-14-16-28(18-25)15-8-12-22-10-5-4-6-11-22/h4-13,17,26H,2-3,14-16,18H2,1H3,(H,27,29)/b12-8+. The molecule has 0 bridgehead atoms. The quantitative estimate of drug-likeness (QED) is 0.150. The summed E-state index contributed by atoms with van der Waals surface area (Å²) in [5.41, 5.74) is 3.93. The van der Waals surface area contributed by atoms with Gasteiger partial charge in [-0.15, -0.1) is 0 Å². The van der Waals surface area contributed by atoms with Gasteiger partial charge in [0.1, 0.15) is 0 Å². The molecule has 0 radical (unpaired) electrons. The van der Waals surface area contributed by atoms with Crippen molar-refractivity contribution in [1.29, 1.82) is 0 Å². The van der Waals surface area contributed by atoms with Crippen molar-refractivity contribution in [3.63, 3.8) is 0 Å². The summed E-state index contributed by atoms with van der Waals surface area (Å²) in [6, 6.07) is 17.9. The van der Waals surface area contributed by atoms with Crippen LogP contribution in [0, 0.1) is 6.92 Å². The normalized spacial score (nSPS) is 10.9. The number of nitrogens with zero attached hydrogens (tertiary/aromatic N) is 1. The zero-order valence-electron chi connectivity index (χ0n) is 16.8. The fourth-order valence-corrected chi connectivity index (χ4v) is 3.26. The van der Waals surface area contributed by atoms with Crippen LogP contribution in [0.3, 0.4) is 0 Å². The third-order valence-electron chi connectivity index (χ3n) is 4.32. The Morgan fingerprint density at radius 2 is 1.90 bits per heavy atom. The Hall–Kier alpha value is -2.38. The number of alkyl halides is 1. The molecule has 0 saturated heterocycles. The van der Waals surface area contributed by atoms with Crippen LogP contribution in [0.15, 0.2) is 85.1 Å². The van der Waals surface area contributed by atoms with Crippen molar-refractivity contribution >= 4 is 40.3 Å². The van der Waals surface area contributed by atoms with Crippen molar-refractivity contribution in [3.8, 4) is 0 Å². The van der Waals surface area contributed by atoms with Gasteiger partial charge in [0, 0.05) is 31.0 Å². The van der Waals surface area contributed by atoms with Gasteiger partial charge in [-0.05, 0) is 30.2 Å². The first-order chi connectivity index (χ1) is 14.0. The molecule has 2 aromatic carbocycles. The van der Waals surface area contributed by atoms with Crippen LogP contribution in [0.25, 0.3) is 6.08 Å². The van der Waals surface area contributed by atoms with Gasteiger partial charge in [0.2, 0.25) is 0 Å². The van der Waals surface area contributed by atoms with Crippen LogP contribution in [0.4, 0.5) is 5.69 Å². The number of rotatable bonds is 11. The van der Waals surface area contributed by atoms with E-state index in [0.29, 0.717) is 17.8 Å². The number of anilines is 1. The predicted molar refractivity (Wildman–Crippen MR) is 132 cm³/mol. The second-order valence-corrected chi connectivity index (χ2v) is 7.40. The lowest BCUT2D eigenvalue weighted by atomic mass is 10.2. The predicted octanol–water partition coefficient (Wildman–Crippen LogP) is 5.00. The summed E-state index contributed by atoms with van der Waals surface area (Å²) >= 11 is 2.36. The number of hydrogen-bond acceptors (Lipinski definition) is 3. The van der Waals surface area contributed by atoms with E-state index < -0.39 is 0 Å². The molecule has 0 heterocycles. The molecular weight excluding hydrogens is 473 g/mol. The Balaban J connectivity index is 1.74. The number of amides is 1. The smallest absolute Gasteiger partial charge is 0.257 e. The molecular formula is C24H28IN3O. The van der Waals surface area contributed by atoms with Gasteiger partial charge in [-0.1, -0.05) is 90.4 Å². The van der Waals surface area contributed by atoms with Gasteiger partial charge in [-0.25, -0.2) is 0 Å². The second kappa shape index (κ2) is 12.2. The minimum Gasteiger partial charge on any atom is -0.384 e. The highest BCUT2D eigenvalue weighted by atomic mass is 127. The molecule has 5 heteroatoms. The topological polar surface area (TPSA) is 44.4 Å². The van der Waals surface area contributed by atoms with Gasteiger partial charge in [0.15, 0.2) is 0 Å². The molecule has 29 heavy (non-hydrogen) atoms. The molecule has 1 amide bonds. The lowest BCUT2D eigenvalue weighted by molar-refractivity contribution is -0.112. The summed E-state index contributed by atoms with van der Waals surface area (Å²) in [7, 11) is 0. The maximum absolute atomic E-state index is 12.4. The van der Waals surface area contributed by atoms with E-state index in [0.717, 1.165) is 28.9 Å². The van der Waals surface area contributed by atoms with Crippen molar-refractivity contribution in [2.24, 2.45) is 0 Å². The Morgan fingerprint density at radius 1 is 1.14 bits per heavy atom. The zero-order valence-corrected chi connectivity index (χ0v) is 19.0. The molecule has 0 fully saturated rings. The lowest BCUT2D eigenvalue weighted by Gasteiger charge is -2.19. The highest BCUT2D eigenvalue weighted by molar-refractivity contribution is 14.1. The highest BCUT2D eigenvalue weighted by Gasteiger charge is 2.11. The van der Waals surface area contributed by atoms with Crippen molar-refractivity contribution in [2.75, 3.05) is 29.5 Å². The Bertz CT molecular complexity index is 861. The number of aryl methyl sites for hydroxylation is 1. The van der Waals surface area contributed by atoms with Crippen LogP contribution in [0.2, 0.25) is 0 Å². The van der Waals surface area contributed by atoms with Crippen LogP contribution >= 0.6 is 22.6 Å². The first-order valence-corrected chi connectivity index (χ1v) is 11.0. The molecule has 0 atom stereocenters. The summed E-state index contributed by atoms with van der Waals surface area (Å²) in [6.45, 7) is 12.2. The highest BCUT2D eigenvalue weighted by Crippen LogP contribution is 2.12. The van der Waals surface area contributed by atoms with Crippen LogP contribution in [0.1, 0.15) is 11.1 Å². The third-order valence-corrected chi connectivity index (χ3v) is 5.29. The van der Waals surface area contributed by atoms with Gasteiger partial charge < -0.3 is 10.6 Å². The molecule has 2 aromatic rings. The van der Waals surface area contributed by atoms with Crippen LogP contribution < -0.4 is 10.6 Å². The molecule has 0 aromatic heterocycles. The number of carbonyl (C=O) groups is 1. The van der Waals surface area contributed by atoms with Gasteiger partial charge in [0.05, 0.1) is 10.1 Å². The molecule has 0 aliphatic rings. The Kier molecular flexibility index (Phi) is 9.67. The second-order valence-electron chi connectivity index (χ2n) is 6.72. The fourth-order valence-electron chi connectivity index (χ4n) is 2.64. The van der Waals surface area contributed by atoms with E-state index in [1.165, 1.54) is 5.56 Å².